The van der Waals surface area contributed by atoms with Gasteiger partial charge in [0.1, 0.15) is 16.7 Å². The smallest absolute Gasteiger partial charge is 0.227 e. The molecule has 2 heterocycles. The Morgan fingerprint density at radius 2 is 0.903 bits per heavy atom. The van der Waals surface area contributed by atoms with Gasteiger partial charge in [-0.3, -0.25) is 0 Å². The molecule has 0 N–H and O–H groups in total. The summed E-state index contributed by atoms with van der Waals surface area (Å²) < 4.78 is 13.0. The van der Waals surface area contributed by atoms with Crippen LogP contribution >= 0.6 is 10.0 Å². The maximum absolute atomic E-state index is 6.67. The van der Waals surface area contributed by atoms with Crippen molar-refractivity contribution in [1.82, 2.24) is 4.98 Å². The van der Waals surface area contributed by atoms with E-state index in [1.807, 2.05) is 42.5 Å². The van der Waals surface area contributed by atoms with Crippen molar-refractivity contribution in [3.05, 3.63) is 231 Å². The van der Waals surface area contributed by atoms with Gasteiger partial charge in [-0.05, 0) is 125 Å². The molecule has 0 saturated heterocycles. The molecule has 0 fully saturated rings. The van der Waals surface area contributed by atoms with Crippen molar-refractivity contribution < 1.29 is 8.83 Å². The quantitative estimate of drug-likeness (QED) is 0.143. The molecule has 0 unspecified atom stereocenters. The molecule has 62 heavy (non-hydrogen) atoms. The van der Waals surface area contributed by atoms with Gasteiger partial charge in [-0.25, -0.2) is 4.98 Å². The second-order valence-electron chi connectivity index (χ2n) is 15.5. The molecule has 0 aliphatic carbocycles. The molecule has 0 spiro atoms. The SMILES string of the molecule is c1ccc(-c2nc3ccc4ccc5ccc(N(c6cccc(S(c7ccccc7)(c7ccccc7)c7ccccc7)c6)c6ccc7oc8ccccc8c7c6)cc5c4c3o2)cc1. The van der Waals surface area contributed by atoms with E-state index in [1.54, 1.807) is 0 Å². The van der Waals surface area contributed by atoms with E-state index >= 15 is 0 Å². The van der Waals surface area contributed by atoms with Crippen LogP contribution in [0.15, 0.2) is 259 Å². The third-order valence-electron chi connectivity index (χ3n) is 12.0. The maximum atomic E-state index is 6.67. The molecule has 0 bridgehead atoms. The van der Waals surface area contributed by atoms with E-state index in [0.29, 0.717) is 5.89 Å². The summed E-state index contributed by atoms with van der Waals surface area (Å²) in [6.07, 6.45) is 0. The van der Waals surface area contributed by atoms with Crippen molar-refractivity contribution in [2.75, 3.05) is 4.90 Å². The second-order valence-corrected chi connectivity index (χ2v) is 18.6. The third kappa shape index (κ3) is 5.81. The monoisotopic (exact) mass is 814 g/mol. The van der Waals surface area contributed by atoms with Gasteiger partial charge < -0.3 is 13.7 Å². The van der Waals surface area contributed by atoms with Crippen molar-refractivity contribution in [2.24, 2.45) is 0 Å². The fourth-order valence-electron chi connectivity index (χ4n) is 9.16. The van der Waals surface area contributed by atoms with Crippen LogP contribution in [0.2, 0.25) is 0 Å². The number of hydrogen-bond acceptors (Lipinski definition) is 4. The summed E-state index contributed by atoms with van der Waals surface area (Å²) in [4.78, 5) is 12.4. The Hall–Kier alpha value is -7.86. The molecule has 0 radical (unpaired) electrons. The third-order valence-corrected chi connectivity index (χ3v) is 15.9. The van der Waals surface area contributed by atoms with E-state index in [0.717, 1.165) is 77.2 Å². The maximum Gasteiger partial charge on any atom is 0.227 e. The van der Waals surface area contributed by atoms with Crippen LogP contribution < -0.4 is 4.90 Å². The molecule has 0 saturated carbocycles. The minimum atomic E-state index is -1.96. The first-order valence-electron chi connectivity index (χ1n) is 20.8. The first-order chi connectivity index (χ1) is 30.7. The van der Waals surface area contributed by atoms with Gasteiger partial charge in [-0.2, -0.15) is 0 Å². The summed E-state index contributed by atoms with van der Waals surface area (Å²) in [7, 11) is -1.96. The fourth-order valence-corrected chi connectivity index (χ4v) is 13.1. The number of furan rings is 1. The van der Waals surface area contributed by atoms with Crippen LogP contribution in [0, 0.1) is 0 Å². The van der Waals surface area contributed by atoms with Crippen molar-refractivity contribution in [1.29, 1.82) is 0 Å². The summed E-state index contributed by atoms with van der Waals surface area (Å²) in [5.74, 6) is 0.613. The molecule has 0 atom stereocenters. The fraction of sp³-hybridized carbons (Fsp3) is 0. The van der Waals surface area contributed by atoms with Gasteiger partial charge in [0.25, 0.3) is 0 Å². The zero-order valence-electron chi connectivity index (χ0n) is 33.6. The van der Waals surface area contributed by atoms with Gasteiger partial charge in [0, 0.05) is 58.4 Å². The summed E-state index contributed by atoms with van der Waals surface area (Å²) in [5, 5.41) is 6.51. The Morgan fingerprint density at radius 3 is 1.61 bits per heavy atom. The molecule has 0 aliphatic heterocycles. The van der Waals surface area contributed by atoms with E-state index in [2.05, 4.69) is 193 Å². The van der Waals surface area contributed by atoms with E-state index in [4.69, 9.17) is 13.8 Å². The minimum Gasteiger partial charge on any atom is -0.456 e. The predicted molar refractivity (Wildman–Crippen MR) is 256 cm³/mol. The van der Waals surface area contributed by atoms with Crippen molar-refractivity contribution in [3.63, 3.8) is 0 Å². The lowest BCUT2D eigenvalue weighted by molar-refractivity contribution is 0.623. The van der Waals surface area contributed by atoms with Crippen LogP contribution in [0.1, 0.15) is 0 Å². The molecule has 4 nitrogen and oxygen atoms in total. The van der Waals surface area contributed by atoms with Crippen LogP contribution in [-0.4, -0.2) is 4.98 Å². The van der Waals surface area contributed by atoms with Crippen molar-refractivity contribution in [3.8, 4) is 11.5 Å². The highest BCUT2D eigenvalue weighted by molar-refractivity contribution is 8.34. The number of nitrogens with zero attached hydrogens (tertiary/aromatic N) is 2. The largest absolute Gasteiger partial charge is 0.456 e. The number of hydrogen-bond donors (Lipinski definition) is 0. The van der Waals surface area contributed by atoms with Crippen LogP contribution in [-0.2, 0) is 0 Å². The zero-order valence-corrected chi connectivity index (χ0v) is 34.4. The van der Waals surface area contributed by atoms with Gasteiger partial charge in [0.2, 0.25) is 5.89 Å². The normalized spacial score (nSPS) is 12.1. The highest BCUT2D eigenvalue weighted by atomic mass is 32.3. The Balaban J connectivity index is 1.13. The van der Waals surface area contributed by atoms with Gasteiger partial charge in [-0.1, -0.05) is 121 Å². The molecule has 0 amide bonds. The van der Waals surface area contributed by atoms with E-state index in [1.165, 1.54) is 19.6 Å². The van der Waals surface area contributed by atoms with Gasteiger partial charge in [0.05, 0.1) is 0 Å². The Morgan fingerprint density at radius 1 is 0.371 bits per heavy atom. The Bertz CT molecular complexity index is 3490. The minimum absolute atomic E-state index is 0.613. The summed E-state index contributed by atoms with van der Waals surface area (Å²) in [6, 6.07) is 82.6. The molecule has 2 aromatic heterocycles. The van der Waals surface area contributed by atoms with E-state index < -0.39 is 10.0 Å². The van der Waals surface area contributed by atoms with Crippen molar-refractivity contribution >= 4 is 81.7 Å². The van der Waals surface area contributed by atoms with E-state index in [9.17, 15) is 0 Å². The van der Waals surface area contributed by atoms with Crippen LogP contribution in [0.25, 0.3) is 66.0 Å². The molecule has 12 aromatic rings. The van der Waals surface area contributed by atoms with E-state index in [-0.39, 0.29) is 0 Å². The lowest BCUT2D eigenvalue weighted by atomic mass is 10.00. The molecular weight excluding hydrogens is 777 g/mol. The number of aromatic nitrogens is 1. The average molecular weight is 815 g/mol. The Labute approximate surface area is 360 Å². The Kier molecular flexibility index (Phi) is 8.54. The number of anilines is 3. The van der Waals surface area contributed by atoms with Crippen molar-refractivity contribution in [2.45, 2.75) is 19.6 Å². The first-order valence-corrected chi connectivity index (χ1v) is 22.5. The van der Waals surface area contributed by atoms with Crippen LogP contribution in [0.4, 0.5) is 17.1 Å². The lowest BCUT2D eigenvalue weighted by Crippen LogP contribution is -2.11. The molecule has 294 valence electrons. The zero-order chi connectivity index (χ0) is 41.0. The molecule has 0 aliphatic rings. The number of fused-ring (bicyclic) bond motifs is 8. The predicted octanol–water partition coefficient (Wildman–Crippen LogP) is 16.5. The molecule has 12 rings (SSSR count). The highest BCUT2D eigenvalue weighted by Gasteiger charge is 2.34. The molecule has 10 aromatic carbocycles. The standard InChI is InChI=1S/C57H38N2O2S/c1-5-16-41(17-6-1)57-58-52-34-31-40-29-28-39-30-32-43(37-50(39)55(40)56(52)61-57)59(44-33-35-54-51(38-44)49-26-13-14-27-53(49)60-54)42-18-15-25-48(36-42)62(45-19-7-2-8-20-45,46-21-9-3-10-22-46)47-23-11-4-12-24-47/h1-38H. The van der Waals surface area contributed by atoms with Crippen LogP contribution in [0.3, 0.4) is 0 Å². The molecular formula is C57H38N2O2S. The lowest BCUT2D eigenvalue weighted by Gasteiger charge is -2.42. The summed E-state index contributed by atoms with van der Waals surface area (Å²) in [6.45, 7) is 0. The summed E-state index contributed by atoms with van der Waals surface area (Å²) >= 11 is 0. The highest BCUT2D eigenvalue weighted by Crippen LogP contribution is 2.73. The second kappa shape index (κ2) is 14.7. The number of rotatable bonds is 8. The number of oxazole rings is 1. The molecule has 5 heteroatoms. The number of para-hydroxylation sites is 1. The number of benzene rings is 10. The first kappa shape index (κ1) is 36.0. The van der Waals surface area contributed by atoms with Crippen LogP contribution in [0.5, 0.6) is 0 Å². The van der Waals surface area contributed by atoms with Gasteiger partial charge in [0.15, 0.2) is 5.58 Å². The topological polar surface area (TPSA) is 42.4 Å². The van der Waals surface area contributed by atoms with Gasteiger partial charge in [-0.15, -0.1) is 10.0 Å². The van der Waals surface area contributed by atoms with Gasteiger partial charge >= 0.3 is 0 Å². The summed E-state index contributed by atoms with van der Waals surface area (Å²) in [5.41, 5.74) is 7.39. The average Bonchev–Trinajstić information content (AvgIpc) is 3.95.